The summed E-state index contributed by atoms with van der Waals surface area (Å²) in [6, 6.07) is 11.4. The van der Waals surface area contributed by atoms with Gasteiger partial charge in [0.1, 0.15) is 0 Å². The number of nitro groups is 1. The minimum absolute atomic E-state index is 0.0507. The zero-order valence-corrected chi connectivity index (χ0v) is 15.9. The molecule has 2 saturated heterocycles. The number of carbonyl (C=O) groups is 1. The number of nitro benzene ring substituents is 1. The standard InChI is InChI=1S/C20H23N3O3S/c24-20(14-4-1-7-18(10-14)23(25)26)21-15-11-16-5-2-6-17(12-15)22(16)13-19-8-3-9-27-19/h1,3-4,7-10,15-17H,2,5-6,11-13H2,(H,21,24)/t16-,17-/m1/s1. The molecule has 2 fully saturated rings. The van der Waals surface area contributed by atoms with Crippen LogP contribution in [-0.4, -0.2) is 33.9 Å². The zero-order valence-electron chi connectivity index (χ0n) is 15.0. The van der Waals surface area contributed by atoms with E-state index >= 15 is 0 Å². The number of non-ortho nitro benzene ring substituents is 1. The fraction of sp³-hybridized carbons (Fsp3) is 0.450. The van der Waals surface area contributed by atoms with Crippen molar-refractivity contribution in [3.63, 3.8) is 0 Å². The molecule has 4 rings (SSSR count). The molecule has 0 saturated carbocycles. The molecule has 0 unspecified atom stereocenters. The zero-order chi connectivity index (χ0) is 18.8. The van der Waals surface area contributed by atoms with Crippen LogP contribution in [0.1, 0.15) is 47.3 Å². The molecule has 2 aromatic rings. The fourth-order valence-corrected chi connectivity index (χ4v) is 5.18. The van der Waals surface area contributed by atoms with Crippen LogP contribution in [0.25, 0.3) is 0 Å². The Hall–Kier alpha value is -2.25. The average Bonchev–Trinajstić information content (AvgIpc) is 3.15. The summed E-state index contributed by atoms with van der Waals surface area (Å²) in [6.07, 6.45) is 5.49. The van der Waals surface area contributed by atoms with Gasteiger partial charge in [-0.05, 0) is 43.2 Å². The molecule has 0 spiro atoms. The lowest BCUT2D eigenvalue weighted by Gasteiger charge is -2.49. The van der Waals surface area contributed by atoms with Gasteiger partial charge in [0.05, 0.1) is 4.92 Å². The molecule has 1 N–H and O–H groups in total. The first-order valence-corrected chi connectivity index (χ1v) is 10.3. The minimum atomic E-state index is -0.468. The smallest absolute Gasteiger partial charge is 0.270 e. The number of benzene rings is 1. The summed E-state index contributed by atoms with van der Waals surface area (Å²) in [5.41, 5.74) is 0.306. The van der Waals surface area contributed by atoms with Crippen LogP contribution in [-0.2, 0) is 6.54 Å². The van der Waals surface area contributed by atoms with E-state index in [1.807, 2.05) is 0 Å². The van der Waals surface area contributed by atoms with E-state index in [-0.39, 0.29) is 17.6 Å². The van der Waals surface area contributed by atoms with E-state index in [2.05, 4.69) is 27.7 Å². The van der Waals surface area contributed by atoms with Gasteiger partial charge in [-0.15, -0.1) is 11.3 Å². The molecular formula is C20H23N3O3S. The second-order valence-electron chi connectivity index (χ2n) is 7.44. The third-order valence-corrected chi connectivity index (χ3v) is 6.56. The van der Waals surface area contributed by atoms with Crippen LogP contribution >= 0.6 is 11.3 Å². The monoisotopic (exact) mass is 385 g/mol. The number of piperidine rings is 2. The fourth-order valence-electron chi connectivity index (χ4n) is 4.47. The summed E-state index contributed by atoms with van der Waals surface area (Å²) >= 11 is 1.80. The number of thiophene rings is 1. The highest BCUT2D eigenvalue weighted by atomic mass is 32.1. The third kappa shape index (κ3) is 4.04. The highest BCUT2D eigenvalue weighted by molar-refractivity contribution is 7.09. The predicted molar refractivity (Wildman–Crippen MR) is 105 cm³/mol. The van der Waals surface area contributed by atoms with Crippen molar-refractivity contribution < 1.29 is 9.72 Å². The molecule has 1 amide bonds. The van der Waals surface area contributed by atoms with Crippen molar-refractivity contribution in [1.29, 1.82) is 0 Å². The predicted octanol–water partition coefficient (Wildman–Crippen LogP) is 3.97. The molecule has 3 heterocycles. The number of nitrogens with zero attached hydrogens (tertiary/aromatic N) is 2. The highest BCUT2D eigenvalue weighted by Crippen LogP contribution is 2.35. The molecule has 0 aliphatic carbocycles. The molecule has 2 aliphatic rings. The minimum Gasteiger partial charge on any atom is -0.349 e. The molecule has 2 aliphatic heterocycles. The van der Waals surface area contributed by atoms with Crippen molar-refractivity contribution in [1.82, 2.24) is 10.2 Å². The largest absolute Gasteiger partial charge is 0.349 e. The van der Waals surface area contributed by atoms with Gasteiger partial charge in [0.15, 0.2) is 0 Å². The van der Waals surface area contributed by atoms with Gasteiger partial charge in [-0.2, -0.15) is 0 Å². The molecule has 6 nitrogen and oxygen atoms in total. The lowest BCUT2D eigenvalue weighted by atomic mass is 9.81. The Labute approximate surface area is 162 Å². The van der Waals surface area contributed by atoms with Gasteiger partial charge >= 0.3 is 0 Å². The Balaban J connectivity index is 1.42. The molecule has 142 valence electrons. The van der Waals surface area contributed by atoms with E-state index in [9.17, 15) is 14.9 Å². The van der Waals surface area contributed by atoms with E-state index < -0.39 is 4.92 Å². The maximum absolute atomic E-state index is 12.6. The van der Waals surface area contributed by atoms with Gasteiger partial charge in [-0.1, -0.05) is 18.6 Å². The van der Waals surface area contributed by atoms with Gasteiger partial charge in [-0.25, -0.2) is 0 Å². The van der Waals surface area contributed by atoms with Crippen LogP contribution in [0, 0.1) is 10.1 Å². The number of rotatable bonds is 5. The van der Waals surface area contributed by atoms with Gasteiger partial charge in [0.2, 0.25) is 0 Å². The Morgan fingerprint density at radius 1 is 1.22 bits per heavy atom. The third-order valence-electron chi connectivity index (χ3n) is 5.70. The summed E-state index contributed by atoms with van der Waals surface area (Å²) in [5.74, 6) is -0.214. The number of hydrogen-bond acceptors (Lipinski definition) is 5. The Bertz CT molecular complexity index is 810. The second-order valence-corrected chi connectivity index (χ2v) is 8.47. The lowest BCUT2D eigenvalue weighted by Crippen LogP contribution is -2.56. The van der Waals surface area contributed by atoms with Gasteiger partial charge in [0, 0.05) is 47.2 Å². The number of fused-ring (bicyclic) bond motifs is 2. The van der Waals surface area contributed by atoms with Crippen molar-refractivity contribution in [2.45, 2.75) is 56.8 Å². The van der Waals surface area contributed by atoms with E-state index in [0.29, 0.717) is 17.6 Å². The van der Waals surface area contributed by atoms with Gasteiger partial charge in [0.25, 0.3) is 11.6 Å². The molecule has 1 aromatic heterocycles. The first kappa shape index (κ1) is 18.1. The molecule has 27 heavy (non-hydrogen) atoms. The molecule has 7 heteroatoms. The summed E-state index contributed by atoms with van der Waals surface area (Å²) in [6.45, 7) is 0.999. The quantitative estimate of drug-likeness (QED) is 0.624. The van der Waals surface area contributed by atoms with E-state index in [4.69, 9.17) is 0 Å². The van der Waals surface area contributed by atoms with Crippen LogP contribution in [0.2, 0.25) is 0 Å². The van der Waals surface area contributed by atoms with E-state index in [1.165, 1.54) is 36.3 Å². The molecule has 2 bridgehead atoms. The summed E-state index contributed by atoms with van der Waals surface area (Å²) in [4.78, 5) is 27.1. The SMILES string of the molecule is O=C(NC1C[C@H]2CCC[C@H](C1)N2Cc1cccs1)c1cccc([N+](=O)[O-])c1. The van der Waals surface area contributed by atoms with Crippen molar-refractivity contribution >= 4 is 22.9 Å². The van der Waals surface area contributed by atoms with Gasteiger partial charge in [-0.3, -0.25) is 19.8 Å². The van der Waals surface area contributed by atoms with Crippen molar-refractivity contribution in [3.8, 4) is 0 Å². The molecule has 2 atom stereocenters. The first-order chi connectivity index (χ1) is 13.1. The van der Waals surface area contributed by atoms with E-state index in [1.54, 1.807) is 23.5 Å². The van der Waals surface area contributed by atoms with Crippen molar-refractivity contribution in [2.24, 2.45) is 0 Å². The maximum atomic E-state index is 12.6. The number of amides is 1. The summed E-state index contributed by atoms with van der Waals surface area (Å²) in [5, 5.41) is 16.2. The average molecular weight is 385 g/mol. The van der Waals surface area contributed by atoms with Crippen LogP contribution in [0.5, 0.6) is 0 Å². The number of hydrogen-bond donors (Lipinski definition) is 1. The van der Waals surface area contributed by atoms with Crippen molar-refractivity contribution in [2.75, 3.05) is 0 Å². The topological polar surface area (TPSA) is 75.5 Å². The Kier molecular flexibility index (Phi) is 5.22. The highest BCUT2D eigenvalue weighted by Gasteiger charge is 2.38. The number of nitrogens with one attached hydrogen (secondary N) is 1. The Morgan fingerprint density at radius 2 is 2.00 bits per heavy atom. The second kappa shape index (κ2) is 7.78. The first-order valence-electron chi connectivity index (χ1n) is 9.43. The van der Waals surface area contributed by atoms with E-state index in [0.717, 1.165) is 19.4 Å². The number of carbonyl (C=O) groups excluding carboxylic acids is 1. The maximum Gasteiger partial charge on any atom is 0.270 e. The molecule has 1 aromatic carbocycles. The molecule has 0 radical (unpaired) electrons. The summed E-state index contributed by atoms with van der Waals surface area (Å²) in [7, 11) is 0. The lowest BCUT2D eigenvalue weighted by molar-refractivity contribution is -0.384. The summed E-state index contributed by atoms with van der Waals surface area (Å²) < 4.78 is 0. The van der Waals surface area contributed by atoms with Crippen LogP contribution < -0.4 is 5.32 Å². The van der Waals surface area contributed by atoms with Crippen LogP contribution in [0.3, 0.4) is 0 Å². The molecular weight excluding hydrogens is 362 g/mol. The van der Waals surface area contributed by atoms with Gasteiger partial charge < -0.3 is 5.32 Å². The van der Waals surface area contributed by atoms with Crippen LogP contribution in [0.15, 0.2) is 41.8 Å². The Morgan fingerprint density at radius 3 is 2.67 bits per heavy atom. The normalized spacial score (nSPS) is 25.1. The van der Waals surface area contributed by atoms with Crippen molar-refractivity contribution in [3.05, 3.63) is 62.3 Å². The van der Waals surface area contributed by atoms with Crippen LogP contribution in [0.4, 0.5) is 5.69 Å².